The van der Waals surface area contributed by atoms with E-state index in [1.165, 1.54) is 5.56 Å². The van der Waals surface area contributed by atoms with Crippen LogP contribution < -0.4 is 16.0 Å². The molecule has 0 aromatic heterocycles. The van der Waals surface area contributed by atoms with Crippen molar-refractivity contribution in [3.8, 4) is 0 Å². The van der Waals surface area contributed by atoms with Gasteiger partial charge in [-0.05, 0) is 55.7 Å². The standard InChI is InChI=1S/C23H35N3O3/c1-4-5-6-17-7-9-19(10-8-17)22(28)26-20(15-25-21(27)18-11-12-18)23(29)24-14-13-16(2)3/h7-10,16,18,20H,4-6,11-15H2,1-3H3,(H,24,29)(H,25,27)(H,26,28)/t20-/m0/s1. The van der Waals surface area contributed by atoms with Crippen molar-refractivity contribution in [3.63, 3.8) is 0 Å². The molecular formula is C23H35N3O3. The van der Waals surface area contributed by atoms with Crippen LogP contribution in [0.3, 0.4) is 0 Å². The maximum absolute atomic E-state index is 12.7. The quantitative estimate of drug-likeness (QED) is 0.503. The van der Waals surface area contributed by atoms with Crippen molar-refractivity contribution in [1.29, 1.82) is 0 Å². The van der Waals surface area contributed by atoms with Crippen molar-refractivity contribution < 1.29 is 14.4 Å². The summed E-state index contributed by atoms with van der Waals surface area (Å²) in [4.78, 5) is 37.2. The molecule has 3 N–H and O–H groups in total. The van der Waals surface area contributed by atoms with E-state index in [-0.39, 0.29) is 30.2 Å². The van der Waals surface area contributed by atoms with E-state index in [9.17, 15) is 14.4 Å². The lowest BCUT2D eigenvalue weighted by Gasteiger charge is -2.19. The lowest BCUT2D eigenvalue weighted by Crippen LogP contribution is -2.53. The predicted molar refractivity (Wildman–Crippen MR) is 115 cm³/mol. The Balaban J connectivity index is 1.95. The molecule has 0 heterocycles. The zero-order chi connectivity index (χ0) is 21.2. The average Bonchev–Trinajstić information content (AvgIpc) is 3.54. The number of unbranched alkanes of at least 4 members (excludes halogenated alkanes) is 1. The molecule has 1 aromatic carbocycles. The van der Waals surface area contributed by atoms with E-state index in [0.717, 1.165) is 38.5 Å². The van der Waals surface area contributed by atoms with Gasteiger partial charge in [-0.1, -0.05) is 39.3 Å². The SMILES string of the molecule is CCCCc1ccc(C(=O)N[C@@H](CNC(=O)C2CC2)C(=O)NCCC(C)C)cc1. The van der Waals surface area contributed by atoms with Gasteiger partial charge < -0.3 is 16.0 Å². The van der Waals surface area contributed by atoms with Gasteiger partial charge in [0.1, 0.15) is 6.04 Å². The third-order valence-corrected chi connectivity index (χ3v) is 5.11. The summed E-state index contributed by atoms with van der Waals surface area (Å²) in [6, 6.07) is 6.69. The van der Waals surface area contributed by atoms with E-state index < -0.39 is 6.04 Å². The smallest absolute Gasteiger partial charge is 0.251 e. The number of amides is 3. The topological polar surface area (TPSA) is 87.3 Å². The Morgan fingerprint density at radius 1 is 1.07 bits per heavy atom. The maximum Gasteiger partial charge on any atom is 0.251 e. The third kappa shape index (κ3) is 8.26. The summed E-state index contributed by atoms with van der Waals surface area (Å²) in [6.45, 7) is 6.97. The van der Waals surface area contributed by atoms with Crippen LogP contribution in [0.4, 0.5) is 0 Å². The lowest BCUT2D eigenvalue weighted by molar-refractivity contribution is -0.124. The minimum atomic E-state index is -0.794. The number of hydrogen-bond donors (Lipinski definition) is 3. The third-order valence-electron chi connectivity index (χ3n) is 5.11. The van der Waals surface area contributed by atoms with Crippen LogP contribution in [0.25, 0.3) is 0 Å². The number of aryl methyl sites for hydroxylation is 1. The second-order valence-corrected chi connectivity index (χ2v) is 8.32. The zero-order valence-electron chi connectivity index (χ0n) is 17.9. The van der Waals surface area contributed by atoms with Gasteiger partial charge in [0.2, 0.25) is 11.8 Å². The first-order valence-electron chi connectivity index (χ1n) is 10.9. The Kier molecular flexibility index (Phi) is 9.16. The molecule has 1 atom stereocenters. The van der Waals surface area contributed by atoms with E-state index in [0.29, 0.717) is 18.0 Å². The van der Waals surface area contributed by atoms with Crippen LogP contribution >= 0.6 is 0 Å². The van der Waals surface area contributed by atoms with E-state index in [1.807, 2.05) is 12.1 Å². The van der Waals surface area contributed by atoms with E-state index >= 15 is 0 Å². The van der Waals surface area contributed by atoms with Crippen LogP contribution in [0.2, 0.25) is 0 Å². The molecule has 0 spiro atoms. The van der Waals surface area contributed by atoms with Gasteiger partial charge in [0.25, 0.3) is 5.91 Å². The van der Waals surface area contributed by atoms with Crippen molar-refractivity contribution in [1.82, 2.24) is 16.0 Å². The summed E-state index contributed by atoms with van der Waals surface area (Å²) >= 11 is 0. The van der Waals surface area contributed by atoms with Crippen LogP contribution in [-0.4, -0.2) is 36.9 Å². The largest absolute Gasteiger partial charge is 0.354 e. The number of benzene rings is 1. The summed E-state index contributed by atoms with van der Waals surface area (Å²) in [7, 11) is 0. The minimum Gasteiger partial charge on any atom is -0.354 e. The van der Waals surface area contributed by atoms with Crippen molar-refractivity contribution in [3.05, 3.63) is 35.4 Å². The number of rotatable bonds is 12. The molecule has 160 valence electrons. The van der Waals surface area contributed by atoms with Gasteiger partial charge in [-0.15, -0.1) is 0 Å². The molecule has 0 saturated heterocycles. The van der Waals surface area contributed by atoms with Crippen LogP contribution in [0.15, 0.2) is 24.3 Å². The highest BCUT2D eigenvalue weighted by Crippen LogP contribution is 2.28. The van der Waals surface area contributed by atoms with Crippen LogP contribution in [0.1, 0.15) is 68.8 Å². The number of hydrogen-bond acceptors (Lipinski definition) is 3. The second-order valence-electron chi connectivity index (χ2n) is 8.32. The van der Waals surface area contributed by atoms with Gasteiger partial charge in [-0.25, -0.2) is 0 Å². The van der Waals surface area contributed by atoms with Crippen molar-refractivity contribution in [2.24, 2.45) is 11.8 Å². The monoisotopic (exact) mass is 401 g/mol. The van der Waals surface area contributed by atoms with Gasteiger partial charge in [-0.3, -0.25) is 14.4 Å². The molecule has 1 fully saturated rings. The zero-order valence-corrected chi connectivity index (χ0v) is 17.9. The number of carbonyl (C=O) groups excluding carboxylic acids is 3. The fourth-order valence-electron chi connectivity index (χ4n) is 2.95. The molecular weight excluding hydrogens is 366 g/mol. The summed E-state index contributed by atoms with van der Waals surface area (Å²) in [5.74, 6) is -0.0824. The summed E-state index contributed by atoms with van der Waals surface area (Å²) in [6.07, 6.45) is 5.89. The normalized spacial score (nSPS) is 14.3. The number of carbonyl (C=O) groups is 3. The van der Waals surface area contributed by atoms with Gasteiger partial charge in [-0.2, -0.15) is 0 Å². The second kappa shape index (κ2) is 11.6. The Bertz CT molecular complexity index is 681. The fraction of sp³-hybridized carbons (Fsp3) is 0.609. The predicted octanol–water partition coefficient (Wildman–Crippen LogP) is 2.82. The summed E-state index contributed by atoms with van der Waals surface area (Å²) < 4.78 is 0. The molecule has 0 bridgehead atoms. The van der Waals surface area contributed by atoms with Gasteiger partial charge in [0.15, 0.2) is 0 Å². The minimum absolute atomic E-state index is 0.0421. The first kappa shape index (κ1) is 22.9. The Hall–Kier alpha value is -2.37. The van der Waals surface area contributed by atoms with Crippen LogP contribution in [-0.2, 0) is 16.0 Å². The van der Waals surface area contributed by atoms with Crippen LogP contribution in [0, 0.1) is 11.8 Å². The molecule has 6 heteroatoms. The van der Waals surface area contributed by atoms with Crippen LogP contribution in [0.5, 0.6) is 0 Å². The van der Waals surface area contributed by atoms with Crippen molar-refractivity contribution >= 4 is 17.7 Å². The van der Waals surface area contributed by atoms with E-state index in [4.69, 9.17) is 0 Å². The first-order chi connectivity index (χ1) is 13.9. The molecule has 0 unspecified atom stereocenters. The van der Waals surface area contributed by atoms with Gasteiger partial charge >= 0.3 is 0 Å². The molecule has 1 aromatic rings. The highest BCUT2D eigenvalue weighted by molar-refractivity contribution is 5.97. The molecule has 1 aliphatic carbocycles. The molecule has 1 saturated carbocycles. The molecule has 2 rings (SSSR count). The van der Waals surface area contributed by atoms with E-state index in [1.54, 1.807) is 12.1 Å². The van der Waals surface area contributed by atoms with Gasteiger partial charge in [0, 0.05) is 24.6 Å². The fourth-order valence-corrected chi connectivity index (χ4v) is 2.95. The molecule has 29 heavy (non-hydrogen) atoms. The van der Waals surface area contributed by atoms with Crippen molar-refractivity contribution in [2.45, 2.75) is 65.3 Å². The average molecular weight is 402 g/mol. The molecule has 0 aliphatic heterocycles. The first-order valence-corrected chi connectivity index (χ1v) is 10.9. The Labute approximate surface area is 174 Å². The highest BCUT2D eigenvalue weighted by Gasteiger charge is 2.31. The Morgan fingerprint density at radius 2 is 1.76 bits per heavy atom. The summed E-state index contributed by atoms with van der Waals surface area (Å²) in [5, 5.41) is 8.45. The summed E-state index contributed by atoms with van der Waals surface area (Å²) in [5.41, 5.74) is 1.71. The molecule has 0 radical (unpaired) electrons. The van der Waals surface area contributed by atoms with Crippen molar-refractivity contribution in [2.75, 3.05) is 13.1 Å². The molecule has 3 amide bonds. The maximum atomic E-state index is 12.7. The Morgan fingerprint density at radius 3 is 2.34 bits per heavy atom. The molecule has 6 nitrogen and oxygen atoms in total. The number of nitrogens with one attached hydrogen (secondary N) is 3. The van der Waals surface area contributed by atoms with Gasteiger partial charge in [0.05, 0.1) is 0 Å². The van der Waals surface area contributed by atoms with E-state index in [2.05, 4.69) is 36.7 Å². The molecule has 1 aliphatic rings. The highest BCUT2D eigenvalue weighted by atomic mass is 16.2. The lowest BCUT2D eigenvalue weighted by atomic mass is 10.1.